The maximum absolute atomic E-state index is 14.1. The summed E-state index contributed by atoms with van der Waals surface area (Å²) in [6.45, 7) is 12.1. The third-order valence-electron chi connectivity index (χ3n) is 8.24. The van der Waals surface area contributed by atoms with Crippen LogP contribution in [0, 0.1) is 11.6 Å². The molecule has 39 heavy (non-hydrogen) atoms. The summed E-state index contributed by atoms with van der Waals surface area (Å²) < 4.78 is 33.6. The van der Waals surface area contributed by atoms with E-state index < -0.39 is 40.9 Å². The van der Waals surface area contributed by atoms with E-state index in [1.54, 1.807) is 20.8 Å². The zero-order chi connectivity index (χ0) is 28.6. The van der Waals surface area contributed by atoms with E-state index in [-0.39, 0.29) is 17.5 Å². The number of hydrogen-bond acceptors (Lipinski definition) is 4. The Hall–Kier alpha value is -2.51. The van der Waals surface area contributed by atoms with E-state index in [2.05, 4.69) is 55.7 Å². The number of ether oxygens (including phenoxy) is 1. The highest BCUT2D eigenvalue weighted by molar-refractivity contribution is 5.70. The number of halogens is 2. The molecule has 0 aromatic heterocycles. The van der Waals surface area contributed by atoms with E-state index in [0.29, 0.717) is 12.0 Å². The molecule has 2 aromatic rings. The summed E-state index contributed by atoms with van der Waals surface area (Å²) in [7, 11) is 0. The number of nitrogens with one attached hydrogen (secondary N) is 2. The molecule has 1 unspecified atom stereocenters. The van der Waals surface area contributed by atoms with Crippen molar-refractivity contribution in [3.8, 4) is 0 Å². The fourth-order valence-electron chi connectivity index (χ4n) is 6.03. The van der Waals surface area contributed by atoms with E-state index in [1.165, 1.54) is 29.7 Å². The molecule has 0 saturated heterocycles. The van der Waals surface area contributed by atoms with Gasteiger partial charge in [0.15, 0.2) is 0 Å². The fraction of sp³-hybridized carbons (Fsp3) is 0.594. The van der Waals surface area contributed by atoms with Crippen LogP contribution in [0.3, 0.4) is 0 Å². The first kappa shape index (κ1) is 29.5. The Morgan fingerprint density at radius 2 is 1.67 bits per heavy atom. The van der Waals surface area contributed by atoms with Crippen LogP contribution in [0.2, 0.25) is 0 Å². The summed E-state index contributed by atoms with van der Waals surface area (Å²) in [4.78, 5) is 12.8. The van der Waals surface area contributed by atoms with Crippen molar-refractivity contribution in [2.45, 2.75) is 114 Å². The Kier molecular flexibility index (Phi) is 8.17. The van der Waals surface area contributed by atoms with Gasteiger partial charge in [-0.15, -0.1) is 0 Å². The molecule has 1 amide bonds. The number of carbonyl (C=O) groups excluding carboxylic acids is 1. The average Bonchev–Trinajstić information content (AvgIpc) is 3.56. The van der Waals surface area contributed by atoms with Crippen molar-refractivity contribution in [3.05, 3.63) is 70.8 Å². The highest BCUT2D eigenvalue weighted by Crippen LogP contribution is 2.54. The lowest BCUT2D eigenvalue weighted by atomic mass is 9.74. The molecule has 0 heterocycles. The maximum atomic E-state index is 14.1. The highest BCUT2D eigenvalue weighted by atomic mass is 19.1. The Morgan fingerprint density at radius 1 is 1.03 bits per heavy atom. The number of aliphatic hydroxyl groups excluding tert-OH is 1. The van der Waals surface area contributed by atoms with Crippen molar-refractivity contribution in [3.63, 3.8) is 0 Å². The molecule has 0 aliphatic heterocycles. The predicted octanol–water partition coefficient (Wildman–Crippen LogP) is 6.82. The largest absolute Gasteiger partial charge is 0.444 e. The van der Waals surface area contributed by atoms with Crippen molar-refractivity contribution in [2.24, 2.45) is 0 Å². The van der Waals surface area contributed by atoms with Crippen LogP contribution in [0.1, 0.15) is 103 Å². The first-order valence-corrected chi connectivity index (χ1v) is 14.1. The number of alkyl carbamates (subject to hydrolysis) is 1. The smallest absolute Gasteiger partial charge is 0.408 e. The predicted molar refractivity (Wildman–Crippen MR) is 150 cm³/mol. The van der Waals surface area contributed by atoms with Gasteiger partial charge in [-0.1, -0.05) is 64.3 Å². The van der Waals surface area contributed by atoms with Gasteiger partial charge in [0.25, 0.3) is 0 Å². The molecule has 2 aliphatic carbocycles. The molecule has 2 aliphatic rings. The zero-order valence-corrected chi connectivity index (χ0v) is 24.2. The van der Waals surface area contributed by atoms with Crippen LogP contribution >= 0.6 is 0 Å². The van der Waals surface area contributed by atoms with E-state index in [9.17, 15) is 18.7 Å². The first-order chi connectivity index (χ1) is 18.1. The minimum atomic E-state index is -1.10. The molecule has 7 heteroatoms. The van der Waals surface area contributed by atoms with Gasteiger partial charge in [0, 0.05) is 24.1 Å². The third kappa shape index (κ3) is 6.80. The normalized spacial score (nSPS) is 23.7. The Labute approximate surface area is 231 Å². The lowest BCUT2D eigenvalue weighted by molar-refractivity contribution is 0.0368. The minimum absolute atomic E-state index is 0.00818. The van der Waals surface area contributed by atoms with Crippen LogP contribution in [0.15, 0.2) is 42.5 Å². The number of aliphatic hydroxyl groups is 1. The lowest BCUT2D eigenvalue weighted by Crippen LogP contribution is -2.55. The number of amides is 1. The molecule has 0 bridgehead atoms. The van der Waals surface area contributed by atoms with E-state index in [1.807, 2.05) is 0 Å². The Balaban J connectivity index is 1.60. The molecule has 2 saturated carbocycles. The van der Waals surface area contributed by atoms with Gasteiger partial charge in [-0.25, -0.2) is 13.6 Å². The Bertz CT molecular complexity index is 1160. The second-order valence-electron chi connectivity index (χ2n) is 13.5. The zero-order valence-electron chi connectivity index (χ0n) is 24.2. The second kappa shape index (κ2) is 10.8. The molecule has 2 aromatic carbocycles. The standard InChI is InChI=1S/C32H44F2N2O3/c1-29(2,3)22-11-10-12-23(17-22)31(13-8-7-9-14-31)35-20-27(37)32(36-28(38)39-30(4,5)6)19-26(32)21-15-24(33)18-25(34)16-21/h10-12,15-18,26-27,35,37H,7-9,13-14,19-20H2,1-6H3,(H,36,38)/t26?,27-,32+/m1/s1. The summed E-state index contributed by atoms with van der Waals surface area (Å²) in [6, 6.07) is 12.1. The van der Waals surface area contributed by atoms with Crippen molar-refractivity contribution in [1.82, 2.24) is 10.6 Å². The summed E-state index contributed by atoms with van der Waals surface area (Å²) >= 11 is 0. The third-order valence-corrected chi connectivity index (χ3v) is 8.24. The maximum Gasteiger partial charge on any atom is 0.408 e. The number of benzene rings is 2. The summed E-state index contributed by atoms with van der Waals surface area (Å²) in [6.07, 6.45) is 3.89. The van der Waals surface area contributed by atoms with Gasteiger partial charge in [-0.05, 0) is 74.3 Å². The molecule has 214 valence electrons. The van der Waals surface area contributed by atoms with E-state index in [0.717, 1.165) is 31.7 Å². The highest BCUT2D eigenvalue weighted by Gasteiger charge is 2.61. The number of rotatable bonds is 7. The molecule has 3 atom stereocenters. The average molecular weight is 543 g/mol. The van der Waals surface area contributed by atoms with Gasteiger partial charge in [-0.3, -0.25) is 0 Å². The van der Waals surface area contributed by atoms with Crippen LogP contribution in [0.25, 0.3) is 0 Å². The molecule has 3 N–H and O–H groups in total. The Morgan fingerprint density at radius 3 is 2.26 bits per heavy atom. The minimum Gasteiger partial charge on any atom is -0.444 e. The van der Waals surface area contributed by atoms with Crippen LogP contribution in [0.4, 0.5) is 13.6 Å². The monoisotopic (exact) mass is 542 g/mol. The van der Waals surface area contributed by atoms with Crippen LogP contribution in [0.5, 0.6) is 0 Å². The van der Waals surface area contributed by atoms with Crippen molar-refractivity contribution in [2.75, 3.05) is 6.54 Å². The quantitative estimate of drug-likeness (QED) is 0.359. The van der Waals surface area contributed by atoms with Gasteiger partial charge >= 0.3 is 6.09 Å². The summed E-state index contributed by atoms with van der Waals surface area (Å²) in [5.41, 5.74) is 0.748. The van der Waals surface area contributed by atoms with Gasteiger partial charge in [0.2, 0.25) is 0 Å². The summed E-state index contributed by atoms with van der Waals surface area (Å²) in [5, 5.41) is 18.2. The van der Waals surface area contributed by atoms with Gasteiger partial charge in [0.1, 0.15) is 17.2 Å². The fourth-order valence-corrected chi connectivity index (χ4v) is 6.03. The van der Waals surface area contributed by atoms with Crippen LogP contribution < -0.4 is 10.6 Å². The van der Waals surface area contributed by atoms with E-state index >= 15 is 0 Å². The lowest BCUT2D eigenvalue weighted by Gasteiger charge is -2.41. The topological polar surface area (TPSA) is 70.6 Å². The SMILES string of the molecule is CC(C)(C)OC(=O)N[C@@]1([C@H](O)CNC2(c3cccc(C(C)(C)C)c3)CCCCC2)CC1c1cc(F)cc(F)c1. The van der Waals surface area contributed by atoms with Crippen molar-refractivity contribution < 1.29 is 23.4 Å². The molecule has 4 rings (SSSR count). The van der Waals surface area contributed by atoms with Crippen molar-refractivity contribution in [1.29, 1.82) is 0 Å². The molecule has 0 spiro atoms. The van der Waals surface area contributed by atoms with Crippen LogP contribution in [-0.2, 0) is 15.7 Å². The molecule has 5 nitrogen and oxygen atoms in total. The second-order valence-corrected chi connectivity index (χ2v) is 13.5. The first-order valence-electron chi connectivity index (χ1n) is 14.1. The van der Waals surface area contributed by atoms with Gasteiger partial charge in [-0.2, -0.15) is 0 Å². The molecule has 2 fully saturated rings. The molecular formula is C32H44F2N2O3. The van der Waals surface area contributed by atoms with Gasteiger partial charge in [0.05, 0.1) is 11.6 Å². The van der Waals surface area contributed by atoms with Crippen LogP contribution in [-0.4, -0.2) is 35.0 Å². The van der Waals surface area contributed by atoms with Crippen molar-refractivity contribution >= 4 is 6.09 Å². The molecule has 0 radical (unpaired) electrons. The number of hydrogen-bond donors (Lipinski definition) is 3. The molecular weight excluding hydrogens is 498 g/mol. The number of carbonyl (C=O) groups is 1. The summed E-state index contributed by atoms with van der Waals surface area (Å²) in [5.74, 6) is -1.82. The van der Waals surface area contributed by atoms with E-state index in [4.69, 9.17) is 4.74 Å². The van der Waals surface area contributed by atoms with Gasteiger partial charge < -0.3 is 20.5 Å².